The van der Waals surface area contributed by atoms with Crippen LogP contribution in [0.25, 0.3) is 0 Å². The Balaban J connectivity index is 0.00000264. The summed E-state index contributed by atoms with van der Waals surface area (Å²) in [5, 5.41) is 10.4. The average molecular weight is 436 g/mol. The van der Waals surface area contributed by atoms with E-state index >= 15 is 0 Å². The maximum Gasteiger partial charge on any atom is 0.228 e. The number of aliphatic imine (C=N–C) groups is 1. The van der Waals surface area contributed by atoms with Crippen molar-refractivity contribution in [3.05, 3.63) is 11.7 Å². The van der Waals surface area contributed by atoms with Crippen LogP contribution >= 0.6 is 24.0 Å². The minimum absolute atomic E-state index is 0. The fourth-order valence-electron chi connectivity index (χ4n) is 2.79. The summed E-state index contributed by atoms with van der Waals surface area (Å²) in [6, 6.07) is 0.582. The van der Waals surface area contributed by atoms with E-state index in [2.05, 4.69) is 39.5 Å². The van der Waals surface area contributed by atoms with Gasteiger partial charge in [-0.2, -0.15) is 4.98 Å². The molecule has 2 heterocycles. The molecule has 2 N–H and O–H groups in total. The van der Waals surface area contributed by atoms with Gasteiger partial charge in [0.15, 0.2) is 11.8 Å². The van der Waals surface area contributed by atoms with Crippen molar-refractivity contribution in [3.8, 4) is 0 Å². The number of rotatable bonds is 7. The lowest BCUT2D eigenvalue weighted by Crippen LogP contribution is -2.40. The molecule has 1 aliphatic heterocycles. The monoisotopic (exact) mass is 436 g/mol. The number of hydrogen-bond acceptors (Lipinski definition) is 5. The van der Waals surface area contributed by atoms with Gasteiger partial charge in [-0.15, -0.1) is 24.0 Å². The lowest BCUT2D eigenvalue weighted by atomic mass is 10.2. The molecule has 1 aliphatic rings. The Kier molecular flexibility index (Phi) is 9.46. The molecule has 0 spiro atoms. The molecule has 1 saturated heterocycles. The first-order chi connectivity index (χ1) is 10.7. The summed E-state index contributed by atoms with van der Waals surface area (Å²) in [5.74, 6) is 2.20. The maximum atomic E-state index is 5.11. The number of likely N-dealkylation sites (N-methyl/N-ethyl adjacent to an activating group) is 1. The Morgan fingerprint density at radius 1 is 1.39 bits per heavy atom. The molecule has 2 rings (SSSR count). The van der Waals surface area contributed by atoms with Crippen molar-refractivity contribution in [2.24, 2.45) is 4.99 Å². The van der Waals surface area contributed by atoms with Crippen molar-refractivity contribution < 1.29 is 4.52 Å². The van der Waals surface area contributed by atoms with Gasteiger partial charge in [0.1, 0.15) is 0 Å². The highest BCUT2D eigenvalue weighted by Gasteiger charge is 2.22. The molecule has 8 heteroatoms. The standard InChI is InChI=1S/C15H28N6O.HI/c1-4-16-15(17-9-8-14-19-12(3)20-22-14)18-11-13-7-6-10-21(13)5-2;/h13H,4-11H2,1-3H3,(H2,16,17,18);1H. The summed E-state index contributed by atoms with van der Waals surface area (Å²) >= 11 is 0. The number of aryl methyl sites for hydroxylation is 1. The normalized spacial score (nSPS) is 18.7. The van der Waals surface area contributed by atoms with Crippen LogP contribution in [0.4, 0.5) is 0 Å². The van der Waals surface area contributed by atoms with Gasteiger partial charge in [0.05, 0.1) is 6.54 Å². The molecule has 0 bridgehead atoms. The molecule has 1 aromatic heterocycles. The molecule has 1 unspecified atom stereocenters. The van der Waals surface area contributed by atoms with Crippen LogP contribution in [0.3, 0.4) is 0 Å². The smallest absolute Gasteiger partial charge is 0.228 e. The minimum atomic E-state index is 0. The molecule has 7 nitrogen and oxygen atoms in total. The van der Waals surface area contributed by atoms with Crippen molar-refractivity contribution in [2.75, 3.05) is 32.7 Å². The van der Waals surface area contributed by atoms with E-state index in [9.17, 15) is 0 Å². The molecule has 1 aromatic rings. The number of likely N-dealkylation sites (tertiary alicyclic amines) is 1. The molecule has 0 amide bonds. The molecule has 0 aromatic carbocycles. The van der Waals surface area contributed by atoms with Crippen LogP contribution in [-0.2, 0) is 6.42 Å². The predicted octanol–water partition coefficient (Wildman–Crippen LogP) is 1.58. The zero-order valence-electron chi connectivity index (χ0n) is 14.3. The Morgan fingerprint density at radius 2 is 2.22 bits per heavy atom. The van der Waals surface area contributed by atoms with Gasteiger partial charge < -0.3 is 15.2 Å². The van der Waals surface area contributed by atoms with Gasteiger partial charge in [-0.3, -0.25) is 9.89 Å². The first-order valence-corrected chi connectivity index (χ1v) is 8.28. The summed E-state index contributed by atoms with van der Waals surface area (Å²) in [6.45, 7) is 10.9. The van der Waals surface area contributed by atoms with Crippen molar-refractivity contribution in [3.63, 3.8) is 0 Å². The van der Waals surface area contributed by atoms with Gasteiger partial charge in [-0.05, 0) is 39.8 Å². The lowest BCUT2D eigenvalue weighted by molar-refractivity contribution is 0.273. The van der Waals surface area contributed by atoms with Crippen molar-refractivity contribution in [1.29, 1.82) is 0 Å². The molecular formula is C15H29IN6O. The number of hydrogen-bond donors (Lipinski definition) is 2. The fraction of sp³-hybridized carbons (Fsp3) is 0.800. The van der Waals surface area contributed by atoms with Gasteiger partial charge in [-0.1, -0.05) is 12.1 Å². The Labute approximate surface area is 155 Å². The molecule has 0 radical (unpaired) electrons. The highest BCUT2D eigenvalue weighted by atomic mass is 127. The molecule has 0 saturated carbocycles. The van der Waals surface area contributed by atoms with Crippen LogP contribution in [0.2, 0.25) is 0 Å². The third kappa shape index (κ3) is 6.62. The second-order valence-corrected chi connectivity index (χ2v) is 5.56. The van der Waals surface area contributed by atoms with Gasteiger partial charge >= 0.3 is 0 Å². The van der Waals surface area contributed by atoms with E-state index in [1.165, 1.54) is 19.4 Å². The van der Waals surface area contributed by atoms with Gasteiger partial charge in [0, 0.05) is 25.6 Å². The molecular weight excluding hydrogens is 407 g/mol. The maximum absolute atomic E-state index is 5.11. The van der Waals surface area contributed by atoms with Crippen LogP contribution in [-0.4, -0.2) is 59.8 Å². The third-order valence-corrected chi connectivity index (χ3v) is 3.91. The second kappa shape index (κ2) is 10.8. The molecule has 23 heavy (non-hydrogen) atoms. The van der Waals surface area contributed by atoms with Crippen molar-refractivity contribution >= 4 is 29.9 Å². The number of guanidine groups is 1. The second-order valence-electron chi connectivity index (χ2n) is 5.56. The zero-order valence-corrected chi connectivity index (χ0v) is 16.7. The predicted molar refractivity (Wildman–Crippen MR) is 102 cm³/mol. The van der Waals surface area contributed by atoms with Crippen LogP contribution in [0.15, 0.2) is 9.52 Å². The summed E-state index contributed by atoms with van der Waals surface area (Å²) in [6.07, 6.45) is 3.24. The number of nitrogens with one attached hydrogen (secondary N) is 2. The van der Waals surface area contributed by atoms with Gasteiger partial charge in [0.25, 0.3) is 0 Å². The van der Waals surface area contributed by atoms with Gasteiger partial charge in [0.2, 0.25) is 5.89 Å². The first kappa shape index (κ1) is 20.1. The van der Waals surface area contributed by atoms with E-state index in [4.69, 9.17) is 9.52 Å². The van der Waals surface area contributed by atoms with Gasteiger partial charge in [-0.25, -0.2) is 0 Å². The molecule has 1 atom stereocenters. The fourth-order valence-corrected chi connectivity index (χ4v) is 2.79. The molecule has 1 fully saturated rings. The topological polar surface area (TPSA) is 78.6 Å². The quantitative estimate of drug-likeness (QED) is 0.384. The summed E-state index contributed by atoms with van der Waals surface area (Å²) < 4.78 is 5.11. The number of halogens is 1. The Morgan fingerprint density at radius 3 is 2.87 bits per heavy atom. The van der Waals surface area contributed by atoms with Crippen molar-refractivity contribution in [1.82, 2.24) is 25.7 Å². The minimum Gasteiger partial charge on any atom is -0.357 e. The molecule has 0 aliphatic carbocycles. The van der Waals surface area contributed by atoms with E-state index in [0.29, 0.717) is 24.2 Å². The largest absolute Gasteiger partial charge is 0.357 e. The highest BCUT2D eigenvalue weighted by molar-refractivity contribution is 14.0. The lowest BCUT2D eigenvalue weighted by Gasteiger charge is -2.21. The average Bonchev–Trinajstić information content (AvgIpc) is 3.13. The van der Waals surface area contributed by atoms with Crippen LogP contribution in [0, 0.1) is 6.92 Å². The van der Waals surface area contributed by atoms with E-state index in [-0.39, 0.29) is 24.0 Å². The SMILES string of the molecule is CCNC(=NCC1CCCN1CC)NCCc1nc(C)no1.I. The first-order valence-electron chi connectivity index (χ1n) is 8.28. The van der Waals surface area contributed by atoms with E-state index in [1.54, 1.807) is 0 Å². The molecule has 132 valence electrons. The van der Waals surface area contributed by atoms with Crippen LogP contribution in [0.5, 0.6) is 0 Å². The zero-order chi connectivity index (χ0) is 15.8. The Hall–Kier alpha value is -0.900. The van der Waals surface area contributed by atoms with Crippen LogP contribution < -0.4 is 10.6 Å². The van der Waals surface area contributed by atoms with E-state index < -0.39 is 0 Å². The third-order valence-electron chi connectivity index (χ3n) is 3.91. The van der Waals surface area contributed by atoms with E-state index in [0.717, 1.165) is 32.1 Å². The summed E-state index contributed by atoms with van der Waals surface area (Å²) in [5.41, 5.74) is 0. The Bertz CT molecular complexity index is 478. The summed E-state index contributed by atoms with van der Waals surface area (Å²) in [4.78, 5) is 11.4. The van der Waals surface area contributed by atoms with E-state index in [1.807, 2.05) is 6.92 Å². The summed E-state index contributed by atoms with van der Waals surface area (Å²) in [7, 11) is 0. The van der Waals surface area contributed by atoms with Crippen LogP contribution in [0.1, 0.15) is 38.4 Å². The van der Waals surface area contributed by atoms with Crippen molar-refractivity contribution in [2.45, 2.75) is 46.1 Å². The number of nitrogens with zero attached hydrogens (tertiary/aromatic N) is 4. The highest BCUT2D eigenvalue weighted by Crippen LogP contribution is 2.16. The number of aromatic nitrogens is 2.